The molecule has 0 N–H and O–H groups in total. The number of ether oxygens (including phenoxy) is 1. The molecule has 0 radical (unpaired) electrons. The van der Waals surface area contributed by atoms with Crippen LogP contribution in [0.4, 0.5) is 0 Å². The van der Waals surface area contributed by atoms with Crippen molar-refractivity contribution in [2.24, 2.45) is 5.92 Å². The van der Waals surface area contributed by atoms with Gasteiger partial charge in [-0.2, -0.15) is 4.98 Å². The third-order valence-corrected chi connectivity index (χ3v) is 4.35. The molecule has 0 fully saturated rings. The normalized spacial score (nSPS) is 12.2. The van der Waals surface area contributed by atoms with Gasteiger partial charge in [0.05, 0.1) is 13.2 Å². The minimum Gasteiger partial charge on any atom is -0.477 e. The Labute approximate surface area is 146 Å². The van der Waals surface area contributed by atoms with E-state index >= 15 is 0 Å². The van der Waals surface area contributed by atoms with Gasteiger partial charge in [0.2, 0.25) is 5.88 Å². The SMILES string of the molecule is CCC(C)CCOc1ccn(Cc2ccc(Cl)cc2Cl)c(=O)n1. The van der Waals surface area contributed by atoms with E-state index in [1.165, 1.54) is 4.57 Å². The molecule has 1 aromatic heterocycles. The first-order valence-corrected chi connectivity index (χ1v) is 8.39. The van der Waals surface area contributed by atoms with Crippen molar-refractivity contribution in [1.82, 2.24) is 9.55 Å². The number of nitrogens with zero attached hydrogens (tertiary/aromatic N) is 2. The Kier molecular flexibility index (Phi) is 6.48. The molecular weight excluding hydrogens is 335 g/mol. The molecule has 0 spiro atoms. The van der Waals surface area contributed by atoms with Crippen LogP contribution in [-0.4, -0.2) is 16.2 Å². The first kappa shape index (κ1) is 17.8. The van der Waals surface area contributed by atoms with E-state index in [1.54, 1.807) is 30.5 Å². The molecule has 2 aromatic rings. The monoisotopic (exact) mass is 354 g/mol. The van der Waals surface area contributed by atoms with Gasteiger partial charge in [-0.05, 0) is 30.0 Å². The molecule has 0 bridgehead atoms. The third kappa shape index (κ3) is 5.26. The number of hydrogen-bond acceptors (Lipinski definition) is 3. The van der Waals surface area contributed by atoms with E-state index in [1.807, 2.05) is 0 Å². The Bertz CT molecular complexity index is 716. The summed E-state index contributed by atoms with van der Waals surface area (Å²) in [6.07, 6.45) is 3.72. The lowest BCUT2D eigenvalue weighted by atomic mass is 10.1. The van der Waals surface area contributed by atoms with Crippen LogP contribution in [0.2, 0.25) is 10.0 Å². The highest BCUT2D eigenvalue weighted by Gasteiger charge is 2.06. The van der Waals surface area contributed by atoms with E-state index in [0.29, 0.717) is 35.0 Å². The van der Waals surface area contributed by atoms with Gasteiger partial charge in [-0.25, -0.2) is 4.79 Å². The fraction of sp³-hybridized carbons (Fsp3) is 0.412. The predicted molar refractivity (Wildman–Crippen MR) is 93.6 cm³/mol. The molecule has 1 heterocycles. The van der Waals surface area contributed by atoms with E-state index in [4.69, 9.17) is 27.9 Å². The lowest BCUT2D eigenvalue weighted by Crippen LogP contribution is -2.23. The van der Waals surface area contributed by atoms with E-state index < -0.39 is 0 Å². The molecule has 0 aliphatic carbocycles. The maximum absolute atomic E-state index is 12.1. The van der Waals surface area contributed by atoms with Crippen molar-refractivity contribution in [3.8, 4) is 5.88 Å². The van der Waals surface area contributed by atoms with Gasteiger partial charge < -0.3 is 4.74 Å². The maximum Gasteiger partial charge on any atom is 0.351 e. The molecule has 0 aliphatic heterocycles. The average Bonchev–Trinajstić information content (AvgIpc) is 2.52. The summed E-state index contributed by atoms with van der Waals surface area (Å²) < 4.78 is 7.02. The van der Waals surface area contributed by atoms with E-state index in [2.05, 4.69) is 18.8 Å². The molecule has 6 heteroatoms. The zero-order valence-corrected chi connectivity index (χ0v) is 14.8. The zero-order valence-electron chi connectivity index (χ0n) is 13.3. The molecule has 4 nitrogen and oxygen atoms in total. The number of rotatable bonds is 7. The van der Waals surface area contributed by atoms with Crippen LogP contribution in [-0.2, 0) is 6.54 Å². The van der Waals surface area contributed by atoms with Gasteiger partial charge in [-0.15, -0.1) is 0 Å². The van der Waals surface area contributed by atoms with Gasteiger partial charge in [0, 0.05) is 22.3 Å². The molecule has 1 atom stereocenters. The topological polar surface area (TPSA) is 44.1 Å². The summed E-state index contributed by atoms with van der Waals surface area (Å²) in [5.74, 6) is 0.958. The highest BCUT2D eigenvalue weighted by atomic mass is 35.5. The van der Waals surface area contributed by atoms with Crippen molar-refractivity contribution in [2.45, 2.75) is 33.2 Å². The fourth-order valence-corrected chi connectivity index (χ4v) is 2.48. The smallest absolute Gasteiger partial charge is 0.351 e. The van der Waals surface area contributed by atoms with E-state index in [-0.39, 0.29) is 5.69 Å². The summed E-state index contributed by atoms with van der Waals surface area (Å²) in [4.78, 5) is 16.0. The van der Waals surface area contributed by atoms with Gasteiger partial charge in [0.1, 0.15) is 0 Å². The minimum absolute atomic E-state index is 0.342. The second-order valence-electron chi connectivity index (χ2n) is 5.56. The minimum atomic E-state index is -0.364. The molecule has 1 aromatic carbocycles. The lowest BCUT2D eigenvalue weighted by Gasteiger charge is -2.11. The van der Waals surface area contributed by atoms with Gasteiger partial charge in [0.15, 0.2) is 0 Å². The lowest BCUT2D eigenvalue weighted by molar-refractivity contribution is 0.270. The van der Waals surface area contributed by atoms with E-state index in [9.17, 15) is 4.79 Å². The maximum atomic E-state index is 12.1. The van der Waals surface area contributed by atoms with Gasteiger partial charge in [-0.1, -0.05) is 49.5 Å². The summed E-state index contributed by atoms with van der Waals surface area (Å²) in [7, 11) is 0. The van der Waals surface area contributed by atoms with Crippen LogP contribution >= 0.6 is 23.2 Å². The highest BCUT2D eigenvalue weighted by Crippen LogP contribution is 2.21. The standard InChI is InChI=1S/C17H20Cl2N2O2/c1-3-12(2)7-9-23-16-6-8-21(17(22)20-16)11-13-4-5-14(18)10-15(13)19/h4-6,8,10,12H,3,7,9,11H2,1-2H3. The molecule has 0 saturated heterocycles. The third-order valence-electron chi connectivity index (χ3n) is 3.76. The van der Waals surface area contributed by atoms with Crippen molar-refractivity contribution in [2.75, 3.05) is 6.61 Å². The van der Waals surface area contributed by atoms with Crippen molar-refractivity contribution in [1.29, 1.82) is 0 Å². The summed E-state index contributed by atoms with van der Waals surface area (Å²) >= 11 is 12.0. The molecule has 124 valence electrons. The molecule has 2 rings (SSSR count). The summed E-state index contributed by atoms with van der Waals surface area (Å²) in [5.41, 5.74) is 0.447. The van der Waals surface area contributed by atoms with Crippen LogP contribution in [0.3, 0.4) is 0 Å². The van der Waals surface area contributed by atoms with Gasteiger partial charge in [-0.3, -0.25) is 4.57 Å². The zero-order chi connectivity index (χ0) is 16.8. The van der Waals surface area contributed by atoms with E-state index in [0.717, 1.165) is 18.4 Å². The Morgan fingerprint density at radius 1 is 1.30 bits per heavy atom. The number of aromatic nitrogens is 2. The Morgan fingerprint density at radius 2 is 2.09 bits per heavy atom. The quantitative estimate of drug-likeness (QED) is 0.739. The fourth-order valence-electron chi connectivity index (χ4n) is 2.02. The Hall–Kier alpha value is -1.52. The summed E-state index contributed by atoms with van der Waals surface area (Å²) in [5, 5.41) is 1.09. The average molecular weight is 355 g/mol. The van der Waals surface area contributed by atoms with Crippen LogP contribution in [0.1, 0.15) is 32.3 Å². The second kappa shape index (κ2) is 8.37. The summed E-state index contributed by atoms with van der Waals surface area (Å²) in [6.45, 7) is 5.22. The Balaban J connectivity index is 2.03. The van der Waals surface area contributed by atoms with Crippen LogP contribution in [0.5, 0.6) is 5.88 Å². The molecule has 23 heavy (non-hydrogen) atoms. The number of halogens is 2. The van der Waals surface area contributed by atoms with Crippen molar-refractivity contribution in [3.05, 3.63) is 56.6 Å². The molecule has 0 aliphatic rings. The van der Waals surface area contributed by atoms with Gasteiger partial charge in [0.25, 0.3) is 0 Å². The van der Waals surface area contributed by atoms with Crippen LogP contribution < -0.4 is 10.4 Å². The molecule has 0 amide bonds. The molecular formula is C17H20Cl2N2O2. The van der Waals surface area contributed by atoms with Gasteiger partial charge >= 0.3 is 5.69 Å². The molecule has 0 saturated carbocycles. The highest BCUT2D eigenvalue weighted by molar-refractivity contribution is 6.35. The predicted octanol–water partition coefficient (Wildman–Crippen LogP) is 4.41. The largest absolute Gasteiger partial charge is 0.477 e. The first-order chi connectivity index (χ1) is 11.0. The van der Waals surface area contributed by atoms with Crippen LogP contribution in [0, 0.1) is 5.92 Å². The van der Waals surface area contributed by atoms with Crippen LogP contribution in [0.25, 0.3) is 0 Å². The van der Waals surface area contributed by atoms with Crippen molar-refractivity contribution in [3.63, 3.8) is 0 Å². The molecule has 1 unspecified atom stereocenters. The van der Waals surface area contributed by atoms with Crippen LogP contribution in [0.15, 0.2) is 35.3 Å². The van der Waals surface area contributed by atoms with Crippen molar-refractivity contribution >= 4 is 23.2 Å². The van der Waals surface area contributed by atoms with Crippen molar-refractivity contribution < 1.29 is 4.74 Å². The number of hydrogen-bond donors (Lipinski definition) is 0. The Morgan fingerprint density at radius 3 is 2.74 bits per heavy atom. The number of benzene rings is 1. The first-order valence-electron chi connectivity index (χ1n) is 7.63. The summed E-state index contributed by atoms with van der Waals surface area (Å²) in [6, 6.07) is 6.90. The second-order valence-corrected chi connectivity index (χ2v) is 6.41.